The maximum atomic E-state index is 3.43. The number of aryl methyl sites for hydroxylation is 1. The number of benzene rings is 1. The SMILES string of the molecule is CNC(CCCCc1ccccc1)CC(C)C. The molecule has 0 radical (unpaired) electrons. The van der Waals surface area contributed by atoms with Crippen LogP contribution in [0.2, 0.25) is 0 Å². The Balaban J connectivity index is 2.14. The monoisotopic (exact) mass is 233 g/mol. The van der Waals surface area contributed by atoms with Gasteiger partial charge in [-0.1, -0.05) is 50.6 Å². The van der Waals surface area contributed by atoms with Crippen LogP contribution in [-0.2, 0) is 6.42 Å². The lowest BCUT2D eigenvalue weighted by molar-refractivity contribution is 0.409. The first-order valence-corrected chi connectivity index (χ1v) is 6.93. The molecule has 1 aromatic rings. The van der Waals surface area contributed by atoms with Crippen molar-refractivity contribution < 1.29 is 0 Å². The van der Waals surface area contributed by atoms with Crippen LogP contribution in [0.4, 0.5) is 0 Å². The van der Waals surface area contributed by atoms with E-state index in [-0.39, 0.29) is 0 Å². The number of rotatable bonds is 8. The van der Waals surface area contributed by atoms with Gasteiger partial charge in [-0.2, -0.15) is 0 Å². The molecule has 0 saturated carbocycles. The molecule has 0 heterocycles. The summed E-state index contributed by atoms with van der Waals surface area (Å²) < 4.78 is 0. The van der Waals surface area contributed by atoms with E-state index in [1.807, 2.05) is 0 Å². The van der Waals surface area contributed by atoms with Crippen molar-refractivity contribution in [1.29, 1.82) is 0 Å². The summed E-state index contributed by atoms with van der Waals surface area (Å²) in [5, 5.41) is 3.43. The van der Waals surface area contributed by atoms with Crippen molar-refractivity contribution >= 4 is 0 Å². The van der Waals surface area contributed by atoms with Crippen molar-refractivity contribution in [1.82, 2.24) is 5.32 Å². The lowest BCUT2D eigenvalue weighted by Crippen LogP contribution is -2.26. The van der Waals surface area contributed by atoms with Crippen LogP contribution in [0.3, 0.4) is 0 Å². The Morgan fingerprint density at radius 1 is 1.06 bits per heavy atom. The van der Waals surface area contributed by atoms with Crippen LogP contribution in [0, 0.1) is 5.92 Å². The van der Waals surface area contributed by atoms with Crippen molar-refractivity contribution in [2.45, 2.75) is 52.0 Å². The zero-order valence-corrected chi connectivity index (χ0v) is 11.6. The van der Waals surface area contributed by atoms with Crippen molar-refractivity contribution in [3.8, 4) is 0 Å². The predicted molar refractivity (Wildman–Crippen MR) is 76.3 cm³/mol. The molecule has 1 atom stereocenters. The summed E-state index contributed by atoms with van der Waals surface area (Å²) in [5.74, 6) is 0.793. The molecule has 1 N–H and O–H groups in total. The Morgan fingerprint density at radius 2 is 1.76 bits per heavy atom. The van der Waals surface area contributed by atoms with E-state index in [1.54, 1.807) is 0 Å². The number of hydrogen-bond acceptors (Lipinski definition) is 1. The smallest absolute Gasteiger partial charge is 0.00665 e. The van der Waals surface area contributed by atoms with E-state index in [0.717, 1.165) is 5.92 Å². The largest absolute Gasteiger partial charge is 0.317 e. The van der Waals surface area contributed by atoms with E-state index in [2.05, 4.69) is 56.5 Å². The Kier molecular flexibility index (Phi) is 6.95. The minimum atomic E-state index is 0.700. The van der Waals surface area contributed by atoms with Gasteiger partial charge in [0.1, 0.15) is 0 Å². The lowest BCUT2D eigenvalue weighted by atomic mass is 9.98. The van der Waals surface area contributed by atoms with Crippen LogP contribution in [-0.4, -0.2) is 13.1 Å². The van der Waals surface area contributed by atoms with Gasteiger partial charge in [0, 0.05) is 6.04 Å². The van der Waals surface area contributed by atoms with Crippen LogP contribution < -0.4 is 5.32 Å². The molecule has 1 unspecified atom stereocenters. The van der Waals surface area contributed by atoms with E-state index < -0.39 is 0 Å². The quantitative estimate of drug-likeness (QED) is 0.668. The standard InChI is InChI=1S/C16H27N/c1-14(2)13-16(17-3)12-8-7-11-15-9-5-4-6-10-15/h4-6,9-10,14,16-17H,7-8,11-13H2,1-3H3. The summed E-state index contributed by atoms with van der Waals surface area (Å²) in [4.78, 5) is 0. The molecule has 0 aromatic heterocycles. The van der Waals surface area contributed by atoms with Gasteiger partial charge < -0.3 is 5.32 Å². The molecule has 17 heavy (non-hydrogen) atoms. The van der Waals surface area contributed by atoms with Crippen molar-refractivity contribution in [3.63, 3.8) is 0 Å². The van der Waals surface area contributed by atoms with E-state index >= 15 is 0 Å². The molecule has 0 fully saturated rings. The minimum absolute atomic E-state index is 0.700. The highest BCUT2D eigenvalue weighted by Crippen LogP contribution is 2.12. The summed E-state index contributed by atoms with van der Waals surface area (Å²) in [5.41, 5.74) is 1.47. The Hall–Kier alpha value is -0.820. The molecule has 0 aliphatic rings. The fraction of sp³-hybridized carbons (Fsp3) is 0.625. The molecule has 0 aliphatic carbocycles. The summed E-state index contributed by atoms with van der Waals surface area (Å²) in [6.45, 7) is 4.60. The van der Waals surface area contributed by atoms with E-state index in [1.165, 1.54) is 37.7 Å². The highest BCUT2D eigenvalue weighted by molar-refractivity contribution is 5.14. The maximum absolute atomic E-state index is 3.43. The molecular formula is C16H27N. The fourth-order valence-corrected chi connectivity index (χ4v) is 2.31. The normalized spacial score (nSPS) is 12.9. The maximum Gasteiger partial charge on any atom is 0.00665 e. The van der Waals surface area contributed by atoms with Gasteiger partial charge in [0.25, 0.3) is 0 Å². The van der Waals surface area contributed by atoms with Gasteiger partial charge in [-0.3, -0.25) is 0 Å². The lowest BCUT2D eigenvalue weighted by Gasteiger charge is -2.18. The first-order chi connectivity index (χ1) is 8.22. The van der Waals surface area contributed by atoms with Crippen molar-refractivity contribution in [3.05, 3.63) is 35.9 Å². The minimum Gasteiger partial charge on any atom is -0.317 e. The van der Waals surface area contributed by atoms with Gasteiger partial charge in [0.05, 0.1) is 0 Å². The molecule has 1 nitrogen and oxygen atoms in total. The van der Waals surface area contributed by atoms with Crippen LogP contribution in [0.15, 0.2) is 30.3 Å². The summed E-state index contributed by atoms with van der Waals surface area (Å²) >= 11 is 0. The molecule has 0 saturated heterocycles. The highest BCUT2D eigenvalue weighted by atomic mass is 14.9. The summed E-state index contributed by atoms with van der Waals surface area (Å²) in [6.07, 6.45) is 6.45. The van der Waals surface area contributed by atoms with Gasteiger partial charge in [0.15, 0.2) is 0 Å². The Labute approximate surface area is 107 Å². The zero-order valence-electron chi connectivity index (χ0n) is 11.6. The summed E-state index contributed by atoms with van der Waals surface area (Å²) in [6, 6.07) is 11.5. The van der Waals surface area contributed by atoms with Crippen LogP contribution in [0.1, 0.15) is 45.1 Å². The second-order valence-corrected chi connectivity index (χ2v) is 5.35. The number of hydrogen-bond donors (Lipinski definition) is 1. The molecule has 0 spiro atoms. The zero-order chi connectivity index (χ0) is 12.5. The van der Waals surface area contributed by atoms with E-state index in [0.29, 0.717) is 6.04 Å². The molecule has 0 amide bonds. The molecule has 1 heteroatoms. The van der Waals surface area contributed by atoms with E-state index in [4.69, 9.17) is 0 Å². The summed E-state index contributed by atoms with van der Waals surface area (Å²) in [7, 11) is 2.09. The fourth-order valence-electron chi connectivity index (χ4n) is 2.31. The third-order valence-electron chi connectivity index (χ3n) is 3.28. The third kappa shape index (κ3) is 6.48. The first-order valence-electron chi connectivity index (χ1n) is 6.93. The van der Waals surface area contributed by atoms with Gasteiger partial charge >= 0.3 is 0 Å². The number of unbranched alkanes of at least 4 members (excludes halogenated alkanes) is 1. The van der Waals surface area contributed by atoms with Gasteiger partial charge in [0.2, 0.25) is 0 Å². The average Bonchev–Trinajstić information content (AvgIpc) is 2.34. The van der Waals surface area contributed by atoms with E-state index in [9.17, 15) is 0 Å². The van der Waals surface area contributed by atoms with Crippen molar-refractivity contribution in [2.75, 3.05) is 7.05 Å². The van der Waals surface area contributed by atoms with Crippen LogP contribution in [0.25, 0.3) is 0 Å². The molecule has 0 aliphatic heterocycles. The topological polar surface area (TPSA) is 12.0 Å². The van der Waals surface area contributed by atoms with Crippen molar-refractivity contribution in [2.24, 2.45) is 5.92 Å². The second kappa shape index (κ2) is 8.30. The molecule has 1 aromatic carbocycles. The molecule has 0 bridgehead atoms. The van der Waals surface area contributed by atoms with Gasteiger partial charge in [-0.05, 0) is 44.2 Å². The van der Waals surface area contributed by atoms with Gasteiger partial charge in [-0.25, -0.2) is 0 Å². The second-order valence-electron chi connectivity index (χ2n) is 5.35. The highest BCUT2D eigenvalue weighted by Gasteiger charge is 2.07. The van der Waals surface area contributed by atoms with Gasteiger partial charge in [-0.15, -0.1) is 0 Å². The van der Waals surface area contributed by atoms with Crippen LogP contribution in [0.5, 0.6) is 0 Å². The average molecular weight is 233 g/mol. The first kappa shape index (κ1) is 14.2. The number of nitrogens with one attached hydrogen (secondary N) is 1. The third-order valence-corrected chi connectivity index (χ3v) is 3.28. The predicted octanol–water partition coefficient (Wildman–Crippen LogP) is 4.03. The molecule has 96 valence electrons. The van der Waals surface area contributed by atoms with Crippen LogP contribution >= 0.6 is 0 Å². The molecule has 1 rings (SSSR count). The Bertz CT molecular complexity index is 279. The molecular weight excluding hydrogens is 206 g/mol. The Morgan fingerprint density at radius 3 is 2.35 bits per heavy atom.